The molecule has 6 heavy (non-hydrogen) atoms. The lowest BCUT2D eigenvalue weighted by Crippen LogP contribution is -2.01. The highest BCUT2D eigenvalue weighted by molar-refractivity contribution is 9.09. The highest BCUT2D eigenvalue weighted by Gasteiger charge is 1.79. The molecule has 36 valence electrons. The first-order valence-corrected chi connectivity index (χ1v) is 2.86. The lowest BCUT2D eigenvalue weighted by molar-refractivity contribution is 1.16. The Morgan fingerprint density at radius 3 is 2.33 bits per heavy atom. The minimum absolute atomic E-state index is 0.589. The molecule has 1 nitrogen and oxygen atoms in total. The fraction of sp³-hybridized carbons (Fsp3) is 0.500. The molecule has 2 N–H and O–H groups in total. The van der Waals surface area contributed by atoms with Crippen LogP contribution in [0.4, 0.5) is 0 Å². The van der Waals surface area contributed by atoms with Gasteiger partial charge in [0.1, 0.15) is 0 Å². The second kappa shape index (κ2) is 3.37. The van der Waals surface area contributed by atoms with E-state index in [1.807, 2.05) is 0 Å². The van der Waals surface area contributed by atoms with E-state index in [0.29, 0.717) is 6.54 Å². The number of nitrogens with two attached hydrogens (primary N) is 1. The van der Waals surface area contributed by atoms with Crippen LogP contribution in [0.25, 0.3) is 0 Å². The fourth-order valence-corrected chi connectivity index (χ4v) is 0.283. The van der Waals surface area contributed by atoms with Crippen LogP contribution in [0.15, 0.2) is 12.2 Å². The van der Waals surface area contributed by atoms with Crippen LogP contribution in [0.5, 0.6) is 0 Å². The quantitative estimate of drug-likeness (QED) is 0.459. The minimum atomic E-state index is 0.589. The monoisotopic (exact) mass is 149 g/mol. The van der Waals surface area contributed by atoms with Crippen molar-refractivity contribution < 1.29 is 0 Å². The molecule has 0 aliphatic rings. The molecular weight excluding hydrogens is 142 g/mol. The van der Waals surface area contributed by atoms with Crippen LogP contribution in [0.1, 0.15) is 0 Å². The number of hydrogen-bond donors (Lipinski definition) is 1. The Labute approximate surface area is 46.4 Å². The maximum atomic E-state index is 5.15. The van der Waals surface area contributed by atoms with Gasteiger partial charge < -0.3 is 5.73 Å². The molecule has 0 heterocycles. The van der Waals surface area contributed by atoms with Crippen molar-refractivity contribution in [3.05, 3.63) is 12.2 Å². The van der Waals surface area contributed by atoms with Crippen LogP contribution in [0, 0.1) is 0 Å². The maximum absolute atomic E-state index is 5.15. The minimum Gasteiger partial charge on any atom is -0.327 e. The van der Waals surface area contributed by atoms with Crippen LogP contribution >= 0.6 is 15.9 Å². The maximum Gasteiger partial charge on any atom is 0.0251 e. The van der Waals surface area contributed by atoms with Gasteiger partial charge in [0.15, 0.2) is 0 Å². The normalized spacial score (nSPS) is 8.33. The van der Waals surface area contributed by atoms with E-state index < -0.39 is 0 Å². The van der Waals surface area contributed by atoms with Gasteiger partial charge in [-0.15, -0.1) is 0 Å². The van der Waals surface area contributed by atoms with Crippen molar-refractivity contribution in [1.29, 1.82) is 0 Å². The Morgan fingerprint density at radius 1 is 1.83 bits per heavy atom. The lowest BCUT2D eigenvalue weighted by Gasteiger charge is -1.88. The van der Waals surface area contributed by atoms with E-state index in [1.165, 1.54) is 0 Å². The van der Waals surface area contributed by atoms with Gasteiger partial charge in [-0.3, -0.25) is 0 Å². The highest BCUT2D eigenvalue weighted by atomic mass is 79.9. The molecule has 0 aromatic heterocycles. The van der Waals surface area contributed by atoms with E-state index in [4.69, 9.17) is 5.73 Å². The molecule has 0 rings (SSSR count). The molecule has 0 aromatic rings. The molecule has 0 aliphatic heterocycles. The molecule has 0 aliphatic carbocycles. The zero-order chi connectivity index (χ0) is 4.99. The molecule has 0 saturated carbocycles. The fourth-order valence-electron chi connectivity index (χ4n) is 0.0546. The van der Waals surface area contributed by atoms with Crippen LogP contribution in [-0.2, 0) is 0 Å². The molecule has 0 saturated heterocycles. The summed E-state index contributed by atoms with van der Waals surface area (Å²) in [6.07, 6.45) is 0. The molecule has 0 bridgehead atoms. The Morgan fingerprint density at radius 2 is 2.33 bits per heavy atom. The largest absolute Gasteiger partial charge is 0.327 e. The molecule has 0 spiro atoms. The van der Waals surface area contributed by atoms with E-state index >= 15 is 0 Å². The number of halogens is 1. The van der Waals surface area contributed by atoms with Gasteiger partial charge in [-0.2, -0.15) is 0 Å². The van der Waals surface area contributed by atoms with E-state index in [1.54, 1.807) is 0 Å². The van der Waals surface area contributed by atoms with E-state index in [2.05, 4.69) is 22.5 Å². The summed E-state index contributed by atoms with van der Waals surface area (Å²) in [6, 6.07) is 0. The third-order valence-corrected chi connectivity index (χ3v) is 1.27. The molecule has 0 fully saturated rings. The van der Waals surface area contributed by atoms with E-state index in [0.717, 1.165) is 10.9 Å². The van der Waals surface area contributed by atoms with Crippen LogP contribution in [0.2, 0.25) is 0 Å². The van der Waals surface area contributed by atoms with Crippen LogP contribution < -0.4 is 5.73 Å². The van der Waals surface area contributed by atoms with Crippen molar-refractivity contribution in [1.82, 2.24) is 0 Å². The summed E-state index contributed by atoms with van der Waals surface area (Å²) in [5.41, 5.74) is 6.19. The third-order valence-electron chi connectivity index (χ3n) is 0.478. The number of alkyl halides is 1. The molecule has 2 heteroatoms. The first-order valence-electron chi connectivity index (χ1n) is 1.74. The summed E-state index contributed by atoms with van der Waals surface area (Å²) in [5, 5.41) is 0.823. The lowest BCUT2D eigenvalue weighted by atomic mass is 10.4. The smallest absolute Gasteiger partial charge is 0.0251 e. The second-order valence-corrected chi connectivity index (χ2v) is 1.65. The third kappa shape index (κ3) is 2.42. The summed E-state index contributed by atoms with van der Waals surface area (Å²) in [4.78, 5) is 0. The highest BCUT2D eigenvalue weighted by Crippen LogP contribution is 1.89. The topological polar surface area (TPSA) is 26.0 Å². The van der Waals surface area contributed by atoms with Gasteiger partial charge in [0.05, 0.1) is 0 Å². The zero-order valence-corrected chi connectivity index (χ0v) is 5.16. The summed E-state index contributed by atoms with van der Waals surface area (Å²) in [7, 11) is 0. The molecular formula is C4H8BrN. The molecule has 0 amide bonds. The summed E-state index contributed by atoms with van der Waals surface area (Å²) >= 11 is 3.20. The molecule has 0 unspecified atom stereocenters. The molecule has 0 atom stereocenters. The van der Waals surface area contributed by atoms with Crippen LogP contribution in [0.3, 0.4) is 0 Å². The first-order chi connectivity index (χ1) is 2.81. The summed E-state index contributed by atoms with van der Waals surface area (Å²) < 4.78 is 0. The van der Waals surface area contributed by atoms with Crippen molar-refractivity contribution in [2.45, 2.75) is 0 Å². The van der Waals surface area contributed by atoms with E-state index in [-0.39, 0.29) is 0 Å². The molecule has 0 aromatic carbocycles. The van der Waals surface area contributed by atoms with Crippen molar-refractivity contribution in [2.24, 2.45) is 5.73 Å². The Kier molecular flexibility index (Phi) is 3.47. The SMILES string of the molecule is C=C(CN)CBr. The van der Waals surface area contributed by atoms with E-state index in [9.17, 15) is 0 Å². The zero-order valence-electron chi connectivity index (χ0n) is 3.58. The van der Waals surface area contributed by atoms with Gasteiger partial charge in [-0.05, 0) is 0 Å². The van der Waals surface area contributed by atoms with Crippen molar-refractivity contribution in [3.8, 4) is 0 Å². The average Bonchev–Trinajstić information content (AvgIpc) is 1.65. The van der Waals surface area contributed by atoms with Gasteiger partial charge in [-0.25, -0.2) is 0 Å². The van der Waals surface area contributed by atoms with Gasteiger partial charge >= 0.3 is 0 Å². The Bertz CT molecular complexity index is 45.5. The Balaban J connectivity index is 2.99. The second-order valence-electron chi connectivity index (χ2n) is 1.09. The van der Waals surface area contributed by atoms with Gasteiger partial charge in [0.25, 0.3) is 0 Å². The van der Waals surface area contributed by atoms with Crippen LogP contribution in [-0.4, -0.2) is 11.9 Å². The number of rotatable bonds is 2. The van der Waals surface area contributed by atoms with Gasteiger partial charge in [-0.1, -0.05) is 28.1 Å². The predicted molar refractivity (Wildman–Crippen MR) is 32.0 cm³/mol. The Hall–Kier alpha value is 0.180. The molecule has 0 radical (unpaired) electrons. The van der Waals surface area contributed by atoms with Gasteiger partial charge in [0.2, 0.25) is 0 Å². The summed E-state index contributed by atoms with van der Waals surface area (Å²) in [5.74, 6) is 0. The van der Waals surface area contributed by atoms with Crippen molar-refractivity contribution >= 4 is 15.9 Å². The van der Waals surface area contributed by atoms with Gasteiger partial charge in [0, 0.05) is 11.9 Å². The number of hydrogen-bond acceptors (Lipinski definition) is 1. The predicted octanol–water partition coefficient (Wildman–Crippen LogP) is 0.896. The summed E-state index contributed by atoms with van der Waals surface area (Å²) in [6.45, 7) is 4.21. The standard InChI is InChI=1S/C4H8BrN/c1-4(2-5)3-6/h1-3,6H2. The first kappa shape index (κ1) is 6.18. The van der Waals surface area contributed by atoms with Crippen molar-refractivity contribution in [2.75, 3.05) is 11.9 Å². The van der Waals surface area contributed by atoms with Crippen molar-refractivity contribution in [3.63, 3.8) is 0 Å². The average molecular weight is 150 g/mol.